The zero-order valence-electron chi connectivity index (χ0n) is 19.6. The molecule has 3 aromatic rings. The van der Waals surface area contributed by atoms with Gasteiger partial charge in [-0.05, 0) is 31.4 Å². The van der Waals surface area contributed by atoms with Crippen LogP contribution in [0.2, 0.25) is 0 Å². The van der Waals surface area contributed by atoms with Crippen LogP contribution in [0.25, 0.3) is 10.9 Å². The number of aromatic nitrogens is 2. The molecule has 0 spiro atoms. The second kappa shape index (κ2) is 9.57. The fourth-order valence-corrected chi connectivity index (χ4v) is 4.33. The molecule has 1 fully saturated rings. The summed E-state index contributed by atoms with van der Waals surface area (Å²) >= 11 is 0. The van der Waals surface area contributed by atoms with Gasteiger partial charge in [-0.2, -0.15) is 0 Å². The Balaban J connectivity index is 1.91. The number of carbonyl (C=O) groups is 3. The number of imide groups is 1. The van der Waals surface area contributed by atoms with Gasteiger partial charge >= 0.3 is 5.97 Å². The highest BCUT2D eigenvalue weighted by Gasteiger charge is 2.52. The molecule has 10 heteroatoms. The van der Waals surface area contributed by atoms with E-state index < -0.39 is 28.9 Å². The van der Waals surface area contributed by atoms with Gasteiger partial charge in [0.05, 0.1) is 25.1 Å². The molecule has 1 N–H and O–H groups in total. The first-order valence-electron chi connectivity index (χ1n) is 11.0. The van der Waals surface area contributed by atoms with E-state index in [0.717, 1.165) is 4.57 Å². The minimum Gasteiger partial charge on any atom is -0.493 e. The Hall–Kier alpha value is -4.21. The number of esters is 1. The van der Waals surface area contributed by atoms with Gasteiger partial charge in [0.2, 0.25) is 11.4 Å². The minimum atomic E-state index is -2.11. The number of nitrogens with zero attached hydrogens (tertiary/aromatic N) is 2. The van der Waals surface area contributed by atoms with Crippen molar-refractivity contribution in [3.63, 3.8) is 0 Å². The lowest BCUT2D eigenvalue weighted by atomic mass is 9.91. The normalized spacial score (nSPS) is 18.0. The molecule has 10 nitrogen and oxygen atoms in total. The van der Waals surface area contributed by atoms with E-state index in [1.54, 1.807) is 30.3 Å². The average molecular weight is 479 g/mol. The number of hydrogen-bond acceptors (Lipinski definition) is 8. The maximum Gasteiger partial charge on any atom is 0.342 e. The fourth-order valence-electron chi connectivity index (χ4n) is 4.33. The van der Waals surface area contributed by atoms with Gasteiger partial charge in [0.25, 0.3) is 11.5 Å². The first kappa shape index (κ1) is 23.9. The smallest absolute Gasteiger partial charge is 0.342 e. The molecule has 0 saturated carbocycles. The van der Waals surface area contributed by atoms with Crippen molar-refractivity contribution >= 4 is 28.7 Å². The van der Waals surface area contributed by atoms with Crippen molar-refractivity contribution in [1.29, 1.82) is 0 Å². The van der Waals surface area contributed by atoms with Crippen LogP contribution < -0.4 is 20.3 Å². The summed E-state index contributed by atoms with van der Waals surface area (Å²) in [5, 5.41) is 2.36. The van der Waals surface area contributed by atoms with Crippen LogP contribution in [0.5, 0.6) is 11.5 Å². The molecule has 4 rings (SSSR count). The molecular formula is C25H25N3O7. The molecule has 1 unspecified atom stereocenters. The molecule has 0 radical (unpaired) electrons. The van der Waals surface area contributed by atoms with Crippen LogP contribution in [-0.4, -0.2) is 41.6 Å². The molecule has 182 valence electrons. The summed E-state index contributed by atoms with van der Waals surface area (Å²) < 4.78 is 17.2. The van der Waals surface area contributed by atoms with Crippen LogP contribution in [0.4, 0.5) is 0 Å². The van der Waals surface area contributed by atoms with Crippen molar-refractivity contribution in [2.75, 3.05) is 14.2 Å². The molecule has 2 amide bonds. The Labute approximate surface area is 200 Å². The van der Waals surface area contributed by atoms with Crippen LogP contribution in [0.3, 0.4) is 0 Å². The van der Waals surface area contributed by atoms with Crippen LogP contribution in [0.15, 0.2) is 47.3 Å². The molecule has 0 aliphatic carbocycles. The topological polar surface area (TPSA) is 126 Å². The lowest BCUT2D eigenvalue weighted by molar-refractivity contribution is -0.161. The first-order valence-corrected chi connectivity index (χ1v) is 11.0. The maximum atomic E-state index is 13.8. The van der Waals surface area contributed by atoms with Gasteiger partial charge in [-0.3, -0.25) is 24.3 Å². The van der Waals surface area contributed by atoms with E-state index in [1.807, 2.05) is 6.07 Å². The van der Waals surface area contributed by atoms with E-state index in [2.05, 4.69) is 10.3 Å². The van der Waals surface area contributed by atoms with Crippen molar-refractivity contribution < 1.29 is 28.6 Å². The molecule has 2 aromatic carbocycles. The second-order valence-corrected chi connectivity index (χ2v) is 8.18. The predicted molar refractivity (Wildman–Crippen MR) is 125 cm³/mol. The predicted octanol–water partition coefficient (Wildman–Crippen LogP) is 1.99. The Morgan fingerprint density at radius 2 is 1.77 bits per heavy atom. The Kier molecular flexibility index (Phi) is 6.54. The first-order chi connectivity index (χ1) is 16.8. The molecule has 1 aromatic heterocycles. The number of aryl methyl sites for hydroxylation is 1. The Bertz CT molecular complexity index is 1370. The molecular weight excluding hydrogens is 454 g/mol. The van der Waals surface area contributed by atoms with Crippen LogP contribution in [0.1, 0.15) is 30.7 Å². The average Bonchev–Trinajstić information content (AvgIpc) is 3.00. The Morgan fingerprint density at radius 3 is 2.46 bits per heavy atom. The summed E-state index contributed by atoms with van der Waals surface area (Å²) in [6.45, 7) is 1.41. The number of fused-ring (bicyclic) bond motifs is 1. The molecule has 35 heavy (non-hydrogen) atoms. The highest BCUT2D eigenvalue weighted by molar-refractivity contribution is 6.11. The van der Waals surface area contributed by atoms with E-state index in [0.29, 0.717) is 16.8 Å². The number of amides is 2. The third kappa shape index (κ3) is 4.23. The SMILES string of the molecule is COc1cc2nc(C)n(C3(C(=O)OCc4ccccc4)CCCC(=O)NC3=O)c(=O)c2cc1OC. The van der Waals surface area contributed by atoms with Crippen LogP contribution in [0, 0.1) is 6.92 Å². The van der Waals surface area contributed by atoms with Crippen molar-refractivity contribution in [3.8, 4) is 11.5 Å². The molecule has 0 bridgehead atoms. The molecule has 1 aliphatic heterocycles. The van der Waals surface area contributed by atoms with Gasteiger partial charge in [0.1, 0.15) is 12.4 Å². The van der Waals surface area contributed by atoms with Crippen LogP contribution >= 0.6 is 0 Å². The molecule has 1 atom stereocenters. The zero-order chi connectivity index (χ0) is 25.2. The van der Waals surface area contributed by atoms with Crippen LogP contribution in [-0.2, 0) is 31.3 Å². The third-order valence-electron chi connectivity index (χ3n) is 6.04. The highest BCUT2D eigenvalue weighted by Crippen LogP contribution is 2.33. The van der Waals surface area contributed by atoms with E-state index in [9.17, 15) is 19.2 Å². The third-order valence-corrected chi connectivity index (χ3v) is 6.04. The van der Waals surface area contributed by atoms with E-state index in [-0.39, 0.29) is 42.8 Å². The van der Waals surface area contributed by atoms with Crippen molar-refractivity contribution in [3.05, 3.63) is 64.2 Å². The summed E-state index contributed by atoms with van der Waals surface area (Å²) in [6, 6.07) is 11.9. The van der Waals surface area contributed by atoms with E-state index in [1.165, 1.54) is 27.2 Å². The molecule has 1 aliphatic rings. The van der Waals surface area contributed by atoms with E-state index in [4.69, 9.17) is 14.2 Å². The van der Waals surface area contributed by atoms with Gasteiger partial charge in [-0.1, -0.05) is 30.3 Å². The van der Waals surface area contributed by atoms with Gasteiger partial charge in [-0.25, -0.2) is 9.78 Å². The number of ether oxygens (including phenoxy) is 3. The number of nitrogens with one attached hydrogen (secondary N) is 1. The standard InChI is InChI=1S/C25H25N3O7/c1-15-26-18-13-20(34-3)19(33-2)12-17(18)22(30)28(15)25(11-7-10-21(29)27-23(25)31)24(32)35-14-16-8-5-4-6-9-16/h4-6,8-9,12-13H,7,10-11,14H2,1-3H3,(H,27,29,31). The van der Waals surface area contributed by atoms with Crippen molar-refractivity contribution in [2.45, 2.75) is 38.3 Å². The summed E-state index contributed by atoms with van der Waals surface area (Å²) in [4.78, 5) is 57.4. The monoisotopic (exact) mass is 479 g/mol. The maximum absolute atomic E-state index is 13.8. The molecule has 2 heterocycles. The zero-order valence-corrected chi connectivity index (χ0v) is 19.6. The van der Waals surface area contributed by atoms with E-state index >= 15 is 0 Å². The van der Waals surface area contributed by atoms with Gasteiger partial charge in [0, 0.05) is 12.5 Å². The number of hydrogen-bond donors (Lipinski definition) is 1. The summed E-state index contributed by atoms with van der Waals surface area (Å²) in [5.41, 5.74) is -1.75. The summed E-state index contributed by atoms with van der Waals surface area (Å²) in [6.07, 6.45) is 0.104. The summed E-state index contributed by atoms with van der Waals surface area (Å²) in [7, 11) is 2.89. The lowest BCUT2D eigenvalue weighted by Crippen LogP contribution is -2.58. The van der Waals surface area contributed by atoms with Gasteiger partial charge in [-0.15, -0.1) is 0 Å². The number of methoxy groups -OCH3 is 2. The van der Waals surface area contributed by atoms with Crippen molar-refractivity contribution in [1.82, 2.24) is 14.9 Å². The Morgan fingerprint density at radius 1 is 1.09 bits per heavy atom. The molecule has 1 saturated heterocycles. The van der Waals surface area contributed by atoms with Crippen molar-refractivity contribution in [2.24, 2.45) is 0 Å². The lowest BCUT2D eigenvalue weighted by Gasteiger charge is -2.31. The summed E-state index contributed by atoms with van der Waals surface area (Å²) in [5.74, 6) is -1.63. The van der Waals surface area contributed by atoms with Gasteiger partial charge in [0.15, 0.2) is 11.5 Å². The quantitative estimate of drug-likeness (QED) is 0.323. The number of benzene rings is 2. The largest absolute Gasteiger partial charge is 0.493 e. The number of rotatable bonds is 6. The minimum absolute atomic E-state index is 0.0271. The number of carbonyl (C=O) groups excluding carboxylic acids is 3. The highest BCUT2D eigenvalue weighted by atomic mass is 16.5. The fraction of sp³-hybridized carbons (Fsp3) is 0.320. The second-order valence-electron chi connectivity index (χ2n) is 8.18. The van der Waals surface area contributed by atoms with Gasteiger partial charge < -0.3 is 14.2 Å².